The van der Waals surface area contributed by atoms with Gasteiger partial charge in [-0.05, 0) is 117 Å². The molecule has 4 bridgehead atoms. The van der Waals surface area contributed by atoms with E-state index in [1.54, 1.807) is 14.7 Å². The number of carboxylic acid groups (broad SMARTS) is 1. The molecule has 0 aliphatic carbocycles. The van der Waals surface area contributed by atoms with Gasteiger partial charge in [0.05, 0.1) is 37.4 Å². The molecule has 71 heavy (non-hydrogen) atoms. The van der Waals surface area contributed by atoms with Crippen LogP contribution in [0.25, 0.3) is 0 Å². The zero-order valence-corrected chi connectivity index (χ0v) is 42.1. The van der Waals surface area contributed by atoms with E-state index in [2.05, 4.69) is 10.3 Å². The Hall–Kier alpha value is -5.74. The van der Waals surface area contributed by atoms with E-state index in [9.17, 15) is 28.8 Å². The van der Waals surface area contributed by atoms with Crippen molar-refractivity contribution < 1.29 is 62.7 Å². The van der Waals surface area contributed by atoms with Crippen LogP contribution >= 0.6 is 0 Å². The third-order valence-electron chi connectivity index (χ3n) is 12.9. The second kappa shape index (κ2) is 25.1. The smallest absolute Gasteiger partial charge is 0.410 e. The molecule has 2 unspecified atom stereocenters. The molecule has 6 heterocycles. The topological polar surface area (TPSA) is 236 Å². The lowest BCUT2D eigenvalue weighted by molar-refractivity contribution is -0.143. The Kier molecular flexibility index (Phi) is 19.3. The lowest BCUT2D eigenvalue weighted by Crippen LogP contribution is -2.52. The highest BCUT2D eigenvalue weighted by atomic mass is 16.7. The maximum atomic E-state index is 12.9. The van der Waals surface area contributed by atoms with Gasteiger partial charge in [-0.1, -0.05) is 60.7 Å². The highest BCUT2D eigenvalue weighted by Gasteiger charge is 2.49. The van der Waals surface area contributed by atoms with Crippen LogP contribution in [-0.4, -0.2) is 158 Å². The van der Waals surface area contributed by atoms with Crippen molar-refractivity contribution in [3.05, 3.63) is 71.8 Å². The maximum absolute atomic E-state index is 12.9. The summed E-state index contributed by atoms with van der Waals surface area (Å²) < 4.78 is 10.9. The van der Waals surface area contributed by atoms with E-state index < -0.39 is 29.3 Å². The minimum Gasteiger partial charge on any atom is -0.480 e. The van der Waals surface area contributed by atoms with Crippen LogP contribution in [0.2, 0.25) is 0 Å². The lowest BCUT2D eigenvalue weighted by atomic mass is 10.0. The van der Waals surface area contributed by atoms with Crippen molar-refractivity contribution >= 4 is 36.1 Å². The molecule has 0 radical (unpaired) electrons. The van der Waals surface area contributed by atoms with Crippen molar-refractivity contribution in [3.8, 4) is 0 Å². The molecule has 6 fully saturated rings. The first-order chi connectivity index (χ1) is 33.8. The summed E-state index contributed by atoms with van der Waals surface area (Å²) in [5, 5.41) is 11.9. The molecule has 0 aromatic heterocycles. The molecular weight excluding hydrogens is 921 g/mol. The molecule has 6 saturated heterocycles. The average molecular weight is 995 g/mol. The van der Waals surface area contributed by atoms with Crippen LogP contribution in [0.1, 0.15) is 117 Å². The van der Waals surface area contributed by atoms with Crippen molar-refractivity contribution in [2.24, 2.45) is 5.90 Å². The fourth-order valence-corrected chi connectivity index (χ4v) is 9.42. The normalized spacial score (nSPS) is 24.1. The largest absolute Gasteiger partial charge is 0.480 e. The van der Waals surface area contributed by atoms with Crippen LogP contribution < -0.4 is 11.4 Å². The summed E-state index contributed by atoms with van der Waals surface area (Å²) >= 11 is 0. The van der Waals surface area contributed by atoms with Gasteiger partial charge in [0.1, 0.15) is 36.5 Å². The van der Waals surface area contributed by atoms with E-state index in [0.717, 1.165) is 56.2 Å². The van der Waals surface area contributed by atoms with E-state index in [4.69, 9.17) is 35.0 Å². The molecule has 21 heteroatoms. The van der Waals surface area contributed by atoms with Crippen molar-refractivity contribution in [2.75, 3.05) is 39.4 Å². The highest BCUT2D eigenvalue weighted by molar-refractivity contribution is 5.88. The molecule has 6 aliphatic rings. The molecule has 21 nitrogen and oxygen atoms in total. The zero-order chi connectivity index (χ0) is 51.3. The molecule has 8 rings (SSSR count). The van der Waals surface area contributed by atoms with Gasteiger partial charge < -0.3 is 39.0 Å². The number of likely N-dealkylation sites (tertiary alicyclic amines) is 2. The fraction of sp³-hybridized carbons (Fsp3) is 0.640. The third kappa shape index (κ3) is 15.4. The van der Waals surface area contributed by atoms with Gasteiger partial charge in [0.25, 0.3) is 5.91 Å². The Labute approximate surface area is 416 Å². The number of hydrogen-bond acceptors (Lipinski definition) is 13. The SMILES string of the molecule is CC(C)(C)OC(=O)N1CCCCC1CON.CC(C)(C)OC(=O)N1CCCCC1CONC(=O)[C@@H]1CC[C@@H]2CN1C(=O)N2OCc1ccccc1.O=C(O)[C@@H]1CC[C@@H]2CN1C(=O)N2OCc1ccccc1. The molecule has 7 amide bonds. The Morgan fingerprint density at radius 2 is 1.06 bits per heavy atom. The molecule has 6 aliphatic heterocycles. The number of fused-ring (bicyclic) bond motifs is 4. The Balaban J connectivity index is 0.000000193. The van der Waals surface area contributed by atoms with E-state index in [0.29, 0.717) is 65.1 Å². The monoisotopic (exact) mass is 995 g/mol. The zero-order valence-electron chi connectivity index (χ0n) is 42.1. The van der Waals surface area contributed by atoms with E-state index in [-0.39, 0.29) is 60.9 Å². The summed E-state index contributed by atoms with van der Waals surface area (Å²) in [5.74, 6) is 3.77. The van der Waals surface area contributed by atoms with Crippen LogP contribution in [0, 0.1) is 0 Å². The third-order valence-corrected chi connectivity index (χ3v) is 12.9. The fourth-order valence-electron chi connectivity index (χ4n) is 9.42. The summed E-state index contributed by atoms with van der Waals surface area (Å²) in [6.07, 6.45) is 7.42. The Bertz CT molecular complexity index is 2090. The second-order valence-electron chi connectivity index (χ2n) is 20.6. The predicted octanol–water partition coefficient (Wildman–Crippen LogP) is 6.36. The predicted molar refractivity (Wildman–Crippen MR) is 257 cm³/mol. The summed E-state index contributed by atoms with van der Waals surface area (Å²) in [4.78, 5) is 101. The van der Waals surface area contributed by atoms with Crippen molar-refractivity contribution in [1.82, 2.24) is 35.2 Å². The van der Waals surface area contributed by atoms with Gasteiger partial charge in [0.15, 0.2) is 0 Å². The number of hydrogen-bond donors (Lipinski definition) is 3. The number of nitrogens with one attached hydrogen (secondary N) is 1. The quantitative estimate of drug-likeness (QED) is 0.185. The summed E-state index contributed by atoms with van der Waals surface area (Å²) in [5.41, 5.74) is 3.43. The summed E-state index contributed by atoms with van der Waals surface area (Å²) in [6.45, 7) is 14.5. The van der Waals surface area contributed by atoms with Crippen LogP contribution in [-0.2, 0) is 51.6 Å². The van der Waals surface area contributed by atoms with Gasteiger partial charge in [-0.3, -0.25) is 19.3 Å². The number of carboxylic acids is 1. The van der Waals surface area contributed by atoms with Crippen LogP contribution in [0.5, 0.6) is 0 Å². The first kappa shape index (κ1) is 54.6. The summed E-state index contributed by atoms with van der Waals surface area (Å²) in [7, 11) is 0. The van der Waals surface area contributed by atoms with Crippen molar-refractivity contribution in [2.45, 2.75) is 166 Å². The number of rotatable bonds is 13. The number of nitrogens with two attached hydrogens (primary N) is 1. The maximum Gasteiger partial charge on any atom is 0.410 e. The van der Waals surface area contributed by atoms with Gasteiger partial charge in [0, 0.05) is 26.2 Å². The number of urea groups is 2. The number of ether oxygens (including phenoxy) is 2. The first-order valence-corrected chi connectivity index (χ1v) is 24.8. The molecule has 392 valence electrons. The molecule has 2 aromatic rings. The standard InChI is InChI=1S/C25H36N4O6.C14H16N2O4.C11H22N2O3/c1-25(2,3)35-24(32)27-14-8-7-11-20(27)17-33-26-22(30)21-13-12-19-15-28(21)23(31)29(19)34-16-18-9-5-4-6-10-18;17-13(18)12-7-6-11-8-15(12)14(19)16(11)20-9-10-4-2-1-3-5-10;1-11(2,3)16-10(14)13-7-5-4-6-9(13)8-15-12/h4-6,9-10,19-21H,7-8,11-17H2,1-3H3,(H,26,30);1-5,11-12H,6-9H2,(H,17,18);9H,4-8,12H2,1-3H3/t19-,20?,21+;11-,12+;/m11./s1. The Morgan fingerprint density at radius 1 is 0.620 bits per heavy atom. The van der Waals surface area contributed by atoms with Gasteiger partial charge in [-0.25, -0.2) is 35.3 Å². The number of benzene rings is 2. The number of piperidine rings is 4. The van der Waals surface area contributed by atoms with Gasteiger partial charge in [0.2, 0.25) is 0 Å². The van der Waals surface area contributed by atoms with E-state index in [1.807, 2.05) is 102 Å². The number of carbonyl (C=O) groups excluding carboxylic acids is 5. The Morgan fingerprint density at radius 3 is 1.49 bits per heavy atom. The molecule has 4 N–H and O–H groups in total. The number of carbonyl (C=O) groups is 6. The minimum absolute atomic E-state index is 0.0400. The number of hydroxylamine groups is 5. The van der Waals surface area contributed by atoms with E-state index in [1.165, 1.54) is 15.0 Å². The molecule has 0 saturated carbocycles. The number of amides is 7. The van der Waals surface area contributed by atoms with E-state index >= 15 is 0 Å². The van der Waals surface area contributed by atoms with Gasteiger partial charge in [-0.15, -0.1) is 0 Å². The minimum atomic E-state index is -0.943. The molecule has 0 spiro atoms. The summed E-state index contributed by atoms with van der Waals surface area (Å²) in [6, 6.07) is 17.0. The highest BCUT2D eigenvalue weighted by Crippen LogP contribution is 2.32. The number of aliphatic carboxylic acids is 1. The van der Waals surface area contributed by atoms with Crippen LogP contribution in [0.3, 0.4) is 0 Å². The average Bonchev–Trinajstić information content (AvgIpc) is 3.71. The molecule has 2 aromatic carbocycles. The van der Waals surface area contributed by atoms with Crippen molar-refractivity contribution in [3.63, 3.8) is 0 Å². The lowest BCUT2D eigenvalue weighted by Gasteiger charge is -2.36. The van der Waals surface area contributed by atoms with Gasteiger partial charge in [-0.2, -0.15) is 10.1 Å². The van der Waals surface area contributed by atoms with Crippen LogP contribution in [0.4, 0.5) is 19.2 Å². The van der Waals surface area contributed by atoms with Crippen LogP contribution in [0.15, 0.2) is 60.7 Å². The molecule has 6 atom stereocenters. The second-order valence-corrected chi connectivity index (χ2v) is 20.6. The number of nitrogens with zero attached hydrogens (tertiary/aromatic N) is 6. The van der Waals surface area contributed by atoms with Crippen molar-refractivity contribution in [1.29, 1.82) is 0 Å². The first-order valence-electron chi connectivity index (χ1n) is 24.8. The van der Waals surface area contributed by atoms with Gasteiger partial charge >= 0.3 is 30.2 Å². The molecular formula is C50H74N8O13.